The molecule has 1 aromatic carbocycles. The molecule has 3 heterocycles. The molecular weight excluding hydrogens is 450 g/mol. The molecule has 1 saturated carbocycles. The molecule has 1 N–H and O–H groups in total. The van der Waals surface area contributed by atoms with Gasteiger partial charge in [0.1, 0.15) is 6.04 Å². The van der Waals surface area contributed by atoms with Gasteiger partial charge in [0.05, 0.1) is 12.0 Å². The highest BCUT2D eigenvalue weighted by atomic mass is 19.3. The van der Waals surface area contributed by atoms with E-state index in [1.807, 2.05) is 7.05 Å². The van der Waals surface area contributed by atoms with Gasteiger partial charge in [0.25, 0.3) is 0 Å². The molecule has 5 rings (SSSR count). The molecule has 2 amide bonds. The summed E-state index contributed by atoms with van der Waals surface area (Å²) in [5, 5.41) is 3.29. The van der Waals surface area contributed by atoms with E-state index < -0.39 is 17.5 Å². The fourth-order valence-corrected chi connectivity index (χ4v) is 6.54. The maximum atomic E-state index is 13.6. The third kappa shape index (κ3) is 5.24. The summed E-state index contributed by atoms with van der Waals surface area (Å²) < 4.78 is 27.2. The lowest BCUT2D eigenvalue weighted by Gasteiger charge is -2.41. The summed E-state index contributed by atoms with van der Waals surface area (Å²) >= 11 is 0. The molecule has 3 aliphatic heterocycles. The zero-order valence-corrected chi connectivity index (χ0v) is 20.9. The Bertz CT molecular complexity index is 907. The van der Waals surface area contributed by atoms with E-state index in [1.54, 1.807) is 4.90 Å². The van der Waals surface area contributed by atoms with Crippen molar-refractivity contribution < 1.29 is 18.4 Å². The Labute approximate surface area is 207 Å². The number of halogens is 2. The van der Waals surface area contributed by atoms with Gasteiger partial charge in [-0.25, -0.2) is 8.78 Å². The van der Waals surface area contributed by atoms with Crippen molar-refractivity contribution in [3.63, 3.8) is 0 Å². The number of carbonyl (C=O) groups excluding carboxylic acids is 2. The molecule has 3 saturated heterocycles. The van der Waals surface area contributed by atoms with Crippen LogP contribution >= 0.6 is 0 Å². The number of likely N-dealkylation sites (N-methyl/N-ethyl adjacent to an activating group) is 1. The van der Waals surface area contributed by atoms with Gasteiger partial charge in [-0.3, -0.25) is 19.4 Å². The van der Waals surface area contributed by atoms with Gasteiger partial charge >= 0.3 is 0 Å². The Morgan fingerprint density at radius 2 is 1.69 bits per heavy atom. The zero-order chi connectivity index (χ0) is 24.8. The highest BCUT2D eigenvalue weighted by molar-refractivity contribution is 5.92. The minimum Gasteiger partial charge on any atom is -0.348 e. The van der Waals surface area contributed by atoms with E-state index in [0.717, 1.165) is 32.5 Å². The molecule has 0 aromatic heterocycles. The lowest BCUT2D eigenvalue weighted by molar-refractivity contribution is -0.135. The fourth-order valence-electron chi connectivity index (χ4n) is 6.54. The predicted octanol–water partition coefficient (Wildman–Crippen LogP) is 3.33. The second kappa shape index (κ2) is 9.43. The average Bonchev–Trinajstić information content (AvgIpc) is 3.24. The van der Waals surface area contributed by atoms with Gasteiger partial charge in [-0.05, 0) is 51.6 Å². The first-order valence-electron chi connectivity index (χ1n) is 13.1. The summed E-state index contributed by atoms with van der Waals surface area (Å²) in [6.45, 7) is 5.18. The van der Waals surface area contributed by atoms with E-state index >= 15 is 0 Å². The number of aryl methyl sites for hydroxylation is 1. The second-order valence-electron chi connectivity index (χ2n) is 11.4. The lowest BCUT2D eigenvalue weighted by Crippen LogP contribution is -2.56. The first kappa shape index (κ1) is 24.6. The number of amides is 2. The van der Waals surface area contributed by atoms with Crippen LogP contribution < -0.4 is 5.32 Å². The Kier molecular flexibility index (Phi) is 6.64. The maximum absolute atomic E-state index is 13.6. The van der Waals surface area contributed by atoms with Crippen LogP contribution in [0.25, 0.3) is 0 Å². The Hall–Kier alpha value is -2.06. The summed E-state index contributed by atoms with van der Waals surface area (Å²) in [6, 6.07) is 8.26. The van der Waals surface area contributed by atoms with E-state index in [0.29, 0.717) is 32.2 Å². The van der Waals surface area contributed by atoms with Crippen LogP contribution in [0.4, 0.5) is 8.78 Å². The molecule has 8 heteroatoms. The van der Waals surface area contributed by atoms with Crippen molar-refractivity contribution in [2.45, 2.75) is 94.4 Å². The number of nitrogens with zero attached hydrogens (tertiary/aromatic N) is 3. The Balaban J connectivity index is 1.18. The molecule has 1 spiro atoms. The molecule has 6 nitrogen and oxygen atoms in total. The number of fused-ring (bicyclic) bond motifs is 1. The third-order valence-corrected chi connectivity index (χ3v) is 8.96. The zero-order valence-electron chi connectivity index (χ0n) is 20.9. The fraction of sp³-hybridized carbons (Fsp3) is 0.704. The molecular formula is C27H38F2N4O2. The summed E-state index contributed by atoms with van der Waals surface area (Å²) in [4.78, 5) is 33.0. The van der Waals surface area contributed by atoms with Crippen LogP contribution in [-0.2, 0) is 16.1 Å². The smallest absolute Gasteiger partial charge is 0.248 e. The van der Waals surface area contributed by atoms with Crippen LogP contribution in [0, 0.1) is 6.92 Å². The number of alkyl halides is 2. The van der Waals surface area contributed by atoms with Gasteiger partial charge < -0.3 is 10.2 Å². The van der Waals surface area contributed by atoms with E-state index in [1.165, 1.54) is 11.1 Å². The number of carbonyl (C=O) groups is 2. The maximum Gasteiger partial charge on any atom is 0.248 e. The molecule has 0 bridgehead atoms. The standard InChI is InChI=1S/C27H38F2N4O2/c1-19-3-5-20(6-4-19)17-32-13-11-26(12-14-32)16-24(34)33-18-22(15-23(33)25(35)30-26)31(2)21-7-9-27(28,29)10-8-21/h3-6,21-23H,7-18H2,1-2H3,(H,30,35)/t22-,23-/m0/s1. The number of hydrogen-bond donors (Lipinski definition) is 1. The number of benzene rings is 1. The van der Waals surface area contributed by atoms with Crippen molar-refractivity contribution in [3.8, 4) is 0 Å². The summed E-state index contributed by atoms with van der Waals surface area (Å²) in [6.07, 6.45) is 3.25. The molecule has 0 unspecified atom stereocenters. The molecule has 0 radical (unpaired) electrons. The van der Waals surface area contributed by atoms with Crippen molar-refractivity contribution in [2.75, 3.05) is 26.7 Å². The topological polar surface area (TPSA) is 55.9 Å². The van der Waals surface area contributed by atoms with Crippen LogP contribution in [0.15, 0.2) is 24.3 Å². The van der Waals surface area contributed by atoms with Gasteiger partial charge in [0.15, 0.2) is 0 Å². The predicted molar refractivity (Wildman–Crippen MR) is 130 cm³/mol. The van der Waals surface area contributed by atoms with Crippen molar-refractivity contribution in [3.05, 3.63) is 35.4 Å². The quantitative estimate of drug-likeness (QED) is 0.707. The normalized spacial score (nSPS) is 29.3. The van der Waals surface area contributed by atoms with Crippen LogP contribution in [-0.4, -0.2) is 82.8 Å². The highest BCUT2D eigenvalue weighted by Crippen LogP contribution is 2.38. The number of rotatable bonds is 4. The molecule has 4 aliphatic rings. The SMILES string of the molecule is Cc1ccc(CN2CCC3(CC2)CC(=O)N2C[C@@H](N(C)C4CCC(F)(F)CC4)C[C@H]2C(=O)N3)cc1. The van der Waals surface area contributed by atoms with Gasteiger partial charge in [-0.15, -0.1) is 0 Å². The van der Waals surface area contributed by atoms with E-state index in [9.17, 15) is 18.4 Å². The number of piperidine rings is 1. The van der Waals surface area contributed by atoms with E-state index in [-0.39, 0.29) is 36.7 Å². The largest absolute Gasteiger partial charge is 0.348 e. The van der Waals surface area contributed by atoms with Crippen LogP contribution in [0.5, 0.6) is 0 Å². The second-order valence-corrected chi connectivity index (χ2v) is 11.4. The van der Waals surface area contributed by atoms with Crippen LogP contribution in [0.1, 0.15) is 62.5 Å². The van der Waals surface area contributed by atoms with Crippen molar-refractivity contribution in [1.82, 2.24) is 20.0 Å². The van der Waals surface area contributed by atoms with Gasteiger partial charge in [-0.2, -0.15) is 0 Å². The number of likely N-dealkylation sites (tertiary alicyclic amines) is 1. The number of nitrogens with one attached hydrogen (secondary N) is 1. The first-order valence-corrected chi connectivity index (χ1v) is 13.1. The van der Waals surface area contributed by atoms with Gasteiger partial charge in [0.2, 0.25) is 17.7 Å². The molecule has 192 valence electrons. The van der Waals surface area contributed by atoms with Crippen molar-refractivity contribution >= 4 is 11.8 Å². The van der Waals surface area contributed by atoms with E-state index in [4.69, 9.17) is 0 Å². The summed E-state index contributed by atoms with van der Waals surface area (Å²) in [5.74, 6) is -2.55. The monoisotopic (exact) mass is 488 g/mol. The van der Waals surface area contributed by atoms with E-state index in [2.05, 4.69) is 46.3 Å². The van der Waals surface area contributed by atoms with Crippen LogP contribution in [0.3, 0.4) is 0 Å². The minimum atomic E-state index is -2.55. The molecule has 35 heavy (non-hydrogen) atoms. The van der Waals surface area contributed by atoms with Crippen molar-refractivity contribution in [2.24, 2.45) is 0 Å². The van der Waals surface area contributed by atoms with Crippen LogP contribution in [0.2, 0.25) is 0 Å². The Morgan fingerprint density at radius 1 is 1.03 bits per heavy atom. The molecule has 1 aromatic rings. The summed E-state index contributed by atoms with van der Waals surface area (Å²) in [7, 11) is 1.97. The lowest BCUT2D eigenvalue weighted by atomic mass is 9.83. The molecule has 1 aliphatic carbocycles. The van der Waals surface area contributed by atoms with Gasteiger partial charge in [0, 0.05) is 51.1 Å². The number of hydrogen-bond acceptors (Lipinski definition) is 4. The van der Waals surface area contributed by atoms with Gasteiger partial charge in [-0.1, -0.05) is 29.8 Å². The first-order chi connectivity index (χ1) is 16.6. The molecule has 4 fully saturated rings. The Morgan fingerprint density at radius 3 is 2.34 bits per heavy atom. The summed E-state index contributed by atoms with van der Waals surface area (Å²) in [5.41, 5.74) is 2.07. The highest BCUT2D eigenvalue weighted by Gasteiger charge is 2.50. The molecule has 2 atom stereocenters. The van der Waals surface area contributed by atoms with Crippen molar-refractivity contribution in [1.29, 1.82) is 0 Å². The average molecular weight is 489 g/mol. The minimum absolute atomic E-state index is 0.0387. The third-order valence-electron chi connectivity index (χ3n) is 8.96.